The molecule has 1 aliphatic rings. The molecule has 1 saturated heterocycles. The van der Waals surface area contributed by atoms with Gasteiger partial charge in [-0.05, 0) is 29.5 Å². The van der Waals surface area contributed by atoms with E-state index in [1.54, 1.807) is 11.3 Å². The van der Waals surface area contributed by atoms with Crippen molar-refractivity contribution in [2.75, 3.05) is 18.1 Å². The van der Waals surface area contributed by atoms with Gasteiger partial charge in [-0.25, -0.2) is 8.42 Å². The highest BCUT2D eigenvalue weighted by Gasteiger charge is 2.33. The molecule has 0 radical (unpaired) electrons. The molecule has 1 aromatic carbocycles. The van der Waals surface area contributed by atoms with E-state index >= 15 is 0 Å². The average Bonchev–Trinajstić information content (AvgIpc) is 3.35. The van der Waals surface area contributed by atoms with Crippen LogP contribution in [0, 0.1) is 5.92 Å². The highest BCUT2D eigenvalue weighted by Crippen LogP contribution is 2.33. The van der Waals surface area contributed by atoms with Crippen LogP contribution in [0.5, 0.6) is 0 Å². The highest BCUT2D eigenvalue weighted by atomic mass is 32.2. The van der Waals surface area contributed by atoms with Crippen molar-refractivity contribution >= 4 is 38.0 Å². The lowest BCUT2D eigenvalue weighted by atomic mass is 9.96. The minimum atomic E-state index is -3.06. The smallest absolute Gasteiger partial charge is 0.224 e. The topological polar surface area (TPSA) is 79.0 Å². The molecule has 26 heavy (non-hydrogen) atoms. The summed E-state index contributed by atoms with van der Waals surface area (Å²) < 4.78 is 23.2. The van der Waals surface area contributed by atoms with Crippen LogP contribution in [-0.4, -0.2) is 37.4 Å². The fraction of sp³-hybridized carbons (Fsp3) is 0.316. The molecular weight excluding hydrogens is 368 g/mol. The lowest BCUT2D eigenvalue weighted by molar-refractivity contribution is -0.124. The van der Waals surface area contributed by atoms with E-state index < -0.39 is 15.8 Å². The molecule has 1 aliphatic heterocycles. The number of carbonyl (C=O) groups excluding carboxylic acids is 1. The number of thiophene rings is 1. The Labute approximate surface area is 156 Å². The number of aromatic nitrogens is 1. The van der Waals surface area contributed by atoms with E-state index in [-0.39, 0.29) is 23.3 Å². The van der Waals surface area contributed by atoms with Gasteiger partial charge in [0.2, 0.25) is 5.91 Å². The van der Waals surface area contributed by atoms with Gasteiger partial charge in [0, 0.05) is 34.4 Å². The van der Waals surface area contributed by atoms with E-state index in [1.165, 1.54) is 4.88 Å². The second kappa shape index (κ2) is 6.89. The van der Waals surface area contributed by atoms with E-state index in [0.717, 1.165) is 16.5 Å². The Bertz CT molecular complexity index is 1020. The Balaban J connectivity index is 1.56. The number of hydrogen-bond acceptors (Lipinski definition) is 4. The largest absolute Gasteiger partial charge is 0.361 e. The van der Waals surface area contributed by atoms with Crippen LogP contribution in [0.1, 0.15) is 22.8 Å². The van der Waals surface area contributed by atoms with Crippen molar-refractivity contribution in [2.24, 2.45) is 5.92 Å². The van der Waals surface area contributed by atoms with Gasteiger partial charge in [-0.2, -0.15) is 0 Å². The monoisotopic (exact) mass is 388 g/mol. The third-order valence-corrected chi connectivity index (χ3v) is 7.72. The first-order valence-electron chi connectivity index (χ1n) is 8.61. The van der Waals surface area contributed by atoms with Crippen molar-refractivity contribution in [3.05, 3.63) is 58.4 Å². The zero-order valence-corrected chi connectivity index (χ0v) is 15.8. The van der Waals surface area contributed by atoms with Gasteiger partial charge in [0.05, 0.1) is 17.4 Å². The molecule has 0 saturated carbocycles. The van der Waals surface area contributed by atoms with Crippen LogP contribution in [-0.2, 0) is 14.6 Å². The Hall–Kier alpha value is -2.12. The summed E-state index contributed by atoms with van der Waals surface area (Å²) >= 11 is 1.66. The van der Waals surface area contributed by atoms with Gasteiger partial charge < -0.3 is 10.3 Å². The number of fused-ring (bicyclic) bond motifs is 1. The number of para-hydroxylation sites is 1. The van der Waals surface area contributed by atoms with Crippen molar-refractivity contribution in [1.29, 1.82) is 0 Å². The van der Waals surface area contributed by atoms with Crippen molar-refractivity contribution in [3.8, 4) is 0 Å². The molecule has 0 unspecified atom stereocenters. The molecule has 4 rings (SSSR count). The predicted octanol–water partition coefficient (Wildman–Crippen LogP) is 2.91. The van der Waals surface area contributed by atoms with Gasteiger partial charge in [0.1, 0.15) is 0 Å². The number of carbonyl (C=O) groups is 1. The molecule has 5 nitrogen and oxygen atoms in total. The molecule has 1 fully saturated rings. The van der Waals surface area contributed by atoms with Crippen molar-refractivity contribution in [1.82, 2.24) is 10.3 Å². The minimum absolute atomic E-state index is 0.0322. The Morgan fingerprint density at radius 1 is 1.27 bits per heavy atom. The summed E-state index contributed by atoms with van der Waals surface area (Å²) in [5.41, 5.74) is 2.21. The molecule has 7 heteroatoms. The maximum absolute atomic E-state index is 12.5. The number of sulfone groups is 1. The number of hydrogen-bond donors (Lipinski definition) is 2. The fourth-order valence-corrected chi connectivity index (χ4v) is 6.17. The molecule has 2 aromatic heterocycles. The molecule has 136 valence electrons. The zero-order chi connectivity index (χ0) is 18.1. The Kier molecular flexibility index (Phi) is 4.58. The highest BCUT2D eigenvalue weighted by molar-refractivity contribution is 7.91. The molecule has 1 amide bonds. The van der Waals surface area contributed by atoms with Crippen LogP contribution in [0.3, 0.4) is 0 Å². The van der Waals surface area contributed by atoms with Crippen LogP contribution in [0.15, 0.2) is 48.0 Å². The Morgan fingerprint density at radius 2 is 2.12 bits per heavy atom. The molecule has 2 N–H and O–H groups in total. The van der Waals surface area contributed by atoms with Gasteiger partial charge in [-0.1, -0.05) is 24.3 Å². The molecule has 0 spiro atoms. The van der Waals surface area contributed by atoms with E-state index in [4.69, 9.17) is 0 Å². The van der Waals surface area contributed by atoms with Gasteiger partial charge >= 0.3 is 0 Å². The number of H-pyrrole nitrogens is 1. The summed E-state index contributed by atoms with van der Waals surface area (Å²) in [6, 6.07) is 12.2. The van der Waals surface area contributed by atoms with Crippen LogP contribution >= 0.6 is 11.3 Å². The first-order chi connectivity index (χ1) is 12.5. The third-order valence-electron chi connectivity index (χ3n) is 4.97. The normalized spacial score (nSPS) is 20.2. The average molecular weight is 389 g/mol. The maximum Gasteiger partial charge on any atom is 0.224 e. The standard InChI is InChI=1S/C19H20N2O3S2/c22-19(13-7-9-26(23,24)12-13)21-11-16(18-6-3-8-25-18)15-10-20-17-5-2-1-4-14(15)17/h1-6,8,10,13,16,20H,7,9,11-12H2,(H,21,22)/t13-,16+/m1/s1. The molecule has 3 heterocycles. The number of rotatable bonds is 5. The quantitative estimate of drug-likeness (QED) is 0.705. The van der Waals surface area contributed by atoms with Gasteiger partial charge in [-0.15, -0.1) is 11.3 Å². The third kappa shape index (κ3) is 3.41. The van der Waals surface area contributed by atoms with Crippen LogP contribution in [0.4, 0.5) is 0 Å². The first kappa shape index (κ1) is 17.3. The van der Waals surface area contributed by atoms with Crippen molar-refractivity contribution < 1.29 is 13.2 Å². The molecule has 2 atom stereocenters. The van der Waals surface area contributed by atoms with Crippen LogP contribution in [0.25, 0.3) is 10.9 Å². The van der Waals surface area contributed by atoms with E-state index in [2.05, 4.69) is 22.4 Å². The summed E-state index contributed by atoms with van der Waals surface area (Å²) in [6.45, 7) is 0.456. The molecule has 0 aliphatic carbocycles. The summed E-state index contributed by atoms with van der Waals surface area (Å²) in [5.74, 6) is -0.468. The number of nitrogens with one attached hydrogen (secondary N) is 2. The number of aromatic amines is 1. The lowest BCUT2D eigenvalue weighted by Gasteiger charge is -2.18. The summed E-state index contributed by atoms with van der Waals surface area (Å²) in [7, 11) is -3.06. The Morgan fingerprint density at radius 3 is 2.85 bits per heavy atom. The number of amides is 1. The molecular formula is C19H20N2O3S2. The lowest BCUT2D eigenvalue weighted by Crippen LogP contribution is -2.34. The summed E-state index contributed by atoms with van der Waals surface area (Å²) in [6.07, 6.45) is 2.42. The van der Waals surface area contributed by atoms with Gasteiger partial charge in [-0.3, -0.25) is 4.79 Å². The second-order valence-corrected chi connectivity index (χ2v) is 9.91. The molecule has 0 bridgehead atoms. The van der Waals surface area contributed by atoms with Gasteiger partial charge in [0.15, 0.2) is 9.84 Å². The zero-order valence-electron chi connectivity index (χ0n) is 14.1. The van der Waals surface area contributed by atoms with Crippen LogP contribution < -0.4 is 5.32 Å². The predicted molar refractivity (Wildman–Crippen MR) is 104 cm³/mol. The maximum atomic E-state index is 12.5. The fourth-order valence-electron chi connectivity index (χ4n) is 3.58. The summed E-state index contributed by atoms with van der Waals surface area (Å²) in [4.78, 5) is 16.9. The number of benzene rings is 1. The first-order valence-corrected chi connectivity index (χ1v) is 11.3. The summed E-state index contributed by atoms with van der Waals surface area (Å²) in [5, 5.41) is 6.17. The minimum Gasteiger partial charge on any atom is -0.361 e. The van der Waals surface area contributed by atoms with Crippen molar-refractivity contribution in [2.45, 2.75) is 12.3 Å². The van der Waals surface area contributed by atoms with E-state index in [1.807, 2.05) is 35.8 Å². The van der Waals surface area contributed by atoms with E-state index in [0.29, 0.717) is 13.0 Å². The van der Waals surface area contributed by atoms with E-state index in [9.17, 15) is 13.2 Å². The van der Waals surface area contributed by atoms with Gasteiger partial charge in [0.25, 0.3) is 0 Å². The second-order valence-electron chi connectivity index (χ2n) is 6.70. The van der Waals surface area contributed by atoms with Crippen molar-refractivity contribution in [3.63, 3.8) is 0 Å². The van der Waals surface area contributed by atoms with Crippen LogP contribution in [0.2, 0.25) is 0 Å². The SMILES string of the molecule is O=C(NC[C@H](c1cccs1)c1c[nH]c2ccccc12)[C@@H]1CCS(=O)(=O)C1. The molecule has 3 aromatic rings.